The van der Waals surface area contributed by atoms with Crippen LogP contribution >= 0.6 is 0 Å². The van der Waals surface area contributed by atoms with Crippen LogP contribution in [0.3, 0.4) is 0 Å². The van der Waals surface area contributed by atoms with Gasteiger partial charge in [-0.3, -0.25) is 10.1 Å². The molecule has 1 aromatic rings. The molecule has 0 atom stereocenters. The summed E-state index contributed by atoms with van der Waals surface area (Å²) in [4.78, 5) is 9.75. The highest BCUT2D eigenvalue weighted by Gasteiger charge is 2.18. The molecule has 8 nitrogen and oxygen atoms in total. The van der Waals surface area contributed by atoms with Crippen molar-refractivity contribution in [2.75, 3.05) is 11.9 Å². The number of anilines is 1. The molecule has 9 heteroatoms. The van der Waals surface area contributed by atoms with E-state index in [1.165, 1.54) is 6.07 Å². The maximum atomic E-state index is 11.1. The van der Waals surface area contributed by atoms with Gasteiger partial charge in [0.1, 0.15) is 5.69 Å². The van der Waals surface area contributed by atoms with Crippen LogP contribution in [0.1, 0.15) is 6.42 Å². The lowest BCUT2D eigenvalue weighted by molar-refractivity contribution is -0.384. The fourth-order valence-corrected chi connectivity index (χ4v) is 1.78. The van der Waals surface area contributed by atoms with Crippen LogP contribution in [0.2, 0.25) is 0 Å². The van der Waals surface area contributed by atoms with Gasteiger partial charge >= 0.3 is 0 Å². The van der Waals surface area contributed by atoms with Crippen LogP contribution in [-0.4, -0.2) is 19.9 Å². The van der Waals surface area contributed by atoms with Crippen molar-refractivity contribution in [2.24, 2.45) is 5.14 Å². The summed E-state index contributed by atoms with van der Waals surface area (Å²) in [6.45, 7) is 0.228. The molecule has 0 spiro atoms. The number of nitrogens with two attached hydrogens (primary N) is 1. The van der Waals surface area contributed by atoms with E-state index in [1.54, 1.807) is 0 Å². The molecule has 3 N–H and O–H groups in total. The van der Waals surface area contributed by atoms with Gasteiger partial charge in [-0.2, -0.15) is 5.26 Å². The Morgan fingerprint density at radius 1 is 1.50 bits per heavy atom. The minimum Gasteiger partial charge on any atom is -0.378 e. The van der Waals surface area contributed by atoms with Gasteiger partial charge in [0.2, 0.25) is 10.0 Å². The molecule has 0 aromatic heterocycles. The molecule has 0 aliphatic rings. The summed E-state index contributed by atoms with van der Waals surface area (Å²) in [6.07, 6.45) is 0.175. The number of nitriles is 1. The molecule has 0 saturated carbocycles. The van der Waals surface area contributed by atoms with Crippen LogP contribution in [0, 0.1) is 21.4 Å². The van der Waals surface area contributed by atoms with Crippen molar-refractivity contribution in [1.29, 1.82) is 5.26 Å². The first kappa shape index (κ1) is 13.9. The highest BCUT2D eigenvalue weighted by molar-refractivity contribution is 7.89. The molecule has 1 rings (SSSR count). The average molecular weight is 270 g/mol. The van der Waals surface area contributed by atoms with E-state index in [4.69, 9.17) is 10.4 Å². The number of primary sulfonamides is 1. The molecule has 0 amide bonds. The van der Waals surface area contributed by atoms with Crippen LogP contribution in [0.4, 0.5) is 11.4 Å². The molecule has 0 unspecified atom stereocenters. The Morgan fingerprint density at radius 2 is 2.17 bits per heavy atom. The zero-order valence-electron chi connectivity index (χ0n) is 9.16. The number of hydrogen-bond acceptors (Lipinski definition) is 6. The van der Waals surface area contributed by atoms with Gasteiger partial charge in [0, 0.05) is 12.6 Å². The van der Waals surface area contributed by atoms with Crippen LogP contribution < -0.4 is 10.5 Å². The molecule has 0 saturated heterocycles. The number of nitro groups is 1. The molecule has 0 radical (unpaired) electrons. The number of benzene rings is 1. The maximum Gasteiger partial charge on any atom is 0.293 e. The molecule has 0 bridgehead atoms. The minimum absolute atomic E-state index is 0.141. The van der Waals surface area contributed by atoms with Crippen LogP contribution in [0.25, 0.3) is 0 Å². The van der Waals surface area contributed by atoms with E-state index in [0.29, 0.717) is 0 Å². The Labute approximate surface area is 103 Å². The second kappa shape index (κ2) is 5.44. The third-order valence-electron chi connectivity index (χ3n) is 2.05. The van der Waals surface area contributed by atoms with Crippen LogP contribution in [0.5, 0.6) is 0 Å². The first-order valence-electron chi connectivity index (χ1n) is 4.78. The number of rotatable bonds is 5. The van der Waals surface area contributed by atoms with Gasteiger partial charge in [0.05, 0.1) is 22.3 Å². The van der Waals surface area contributed by atoms with Gasteiger partial charge in [-0.05, 0) is 12.1 Å². The lowest BCUT2D eigenvalue weighted by Crippen LogP contribution is -2.13. The Bertz CT molecular complexity index is 605. The predicted octanol–water partition coefficient (Wildman–Crippen LogP) is 0.568. The SMILES string of the molecule is N#CCCNc1ccc(S(N)(=O)=O)cc1[N+](=O)[O-]. The fraction of sp³-hybridized carbons (Fsp3) is 0.222. The van der Waals surface area contributed by atoms with E-state index < -0.39 is 20.6 Å². The van der Waals surface area contributed by atoms with Crippen molar-refractivity contribution < 1.29 is 13.3 Å². The van der Waals surface area contributed by atoms with Crippen molar-refractivity contribution in [2.45, 2.75) is 11.3 Å². The topological polar surface area (TPSA) is 139 Å². The van der Waals surface area contributed by atoms with Gasteiger partial charge in [-0.25, -0.2) is 13.6 Å². The summed E-state index contributed by atoms with van der Waals surface area (Å²) in [5, 5.41) is 26.7. The lowest BCUT2D eigenvalue weighted by Gasteiger charge is -2.06. The summed E-state index contributed by atoms with van der Waals surface area (Å²) >= 11 is 0. The van der Waals surface area contributed by atoms with Crippen molar-refractivity contribution in [3.8, 4) is 6.07 Å². The zero-order valence-corrected chi connectivity index (χ0v) is 9.98. The van der Waals surface area contributed by atoms with Crippen molar-refractivity contribution in [1.82, 2.24) is 0 Å². The average Bonchev–Trinajstić information content (AvgIpc) is 2.28. The highest BCUT2D eigenvalue weighted by atomic mass is 32.2. The summed E-state index contributed by atoms with van der Waals surface area (Å²) in [5.41, 5.74) is -0.262. The summed E-state index contributed by atoms with van der Waals surface area (Å²) in [7, 11) is -3.99. The molecule has 96 valence electrons. The second-order valence-electron chi connectivity index (χ2n) is 3.32. The van der Waals surface area contributed by atoms with Crippen molar-refractivity contribution in [3.63, 3.8) is 0 Å². The summed E-state index contributed by atoms with van der Waals surface area (Å²) < 4.78 is 22.1. The third kappa shape index (κ3) is 3.41. The number of nitro benzene ring substituents is 1. The molecule has 0 heterocycles. The zero-order chi connectivity index (χ0) is 13.8. The molecule has 0 fully saturated rings. The quantitative estimate of drug-likeness (QED) is 0.455. The minimum atomic E-state index is -3.99. The lowest BCUT2D eigenvalue weighted by atomic mass is 10.2. The Morgan fingerprint density at radius 3 is 2.67 bits per heavy atom. The molecule has 0 aliphatic heterocycles. The molecular weight excluding hydrogens is 260 g/mol. The van der Waals surface area contributed by atoms with Gasteiger partial charge in [-0.15, -0.1) is 0 Å². The molecule has 0 aliphatic carbocycles. The standard InChI is InChI=1S/C9H10N4O4S/c10-4-1-5-12-8-3-2-7(18(11,16)17)6-9(8)13(14)15/h2-3,6,12H,1,5H2,(H2,11,16,17). The van der Waals surface area contributed by atoms with Crippen LogP contribution in [-0.2, 0) is 10.0 Å². The van der Waals surface area contributed by atoms with E-state index in [1.807, 2.05) is 6.07 Å². The van der Waals surface area contributed by atoms with Gasteiger partial charge in [-0.1, -0.05) is 0 Å². The maximum absolute atomic E-state index is 11.1. The number of nitrogens with one attached hydrogen (secondary N) is 1. The van der Waals surface area contributed by atoms with Gasteiger partial charge < -0.3 is 5.32 Å². The second-order valence-corrected chi connectivity index (χ2v) is 4.88. The monoisotopic (exact) mass is 270 g/mol. The van der Waals surface area contributed by atoms with E-state index in [0.717, 1.165) is 12.1 Å². The van der Waals surface area contributed by atoms with Crippen LogP contribution in [0.15, 0.2) is 23.1 Å². The predicted molar refractivity (Wildman–Crippen MR) is 63.2 cm³/mol. The van der Waals surface area contributed by atoms with E-state index >= 15 is 0 Å². The molecule has 18 heavy (non-hydrogen) atoms. The first-order valence-corrected chi connectivity index (χ1v) is 6.33. The number of sulfonamides is 1. The van der Waals surface area contributed by atoms with E-state index in [2.05, 4.69) is 5.32 Å². The largest absolute Gasteiger partial charge is 0.378 e. The Balaban J connectivity index is 3.14. The highest BCUT2D eigenvalue weighted by Crippen LogP contribution is 2.26. The summed E-state index contributed by atoms with van der Waals surface area (Å²) in [6, 6.07) is 5.16. The molecule has 1 aromatic carbocycles. The van der Waals surface area contributed by atoms with Gasteiger partial charge in [0.15, 0.2) is 0 Å². The first-order chi connectivity index (χ1) is 8.36. The van der Waals surface area contributed by atoms with Crippen molar-refractivity contribution >= 4 is 21.4 Å². The number of nitrogens with zero attached hydrogens (tertiary/aromatic N) is 2. The van der Waals surface area contributed by atoms with Gasteiger partial charge in [0.25, 0.3) is 5.69 Å². The number of hydrogen-bond donors (Lipinski definition) is 2. The third-order valence-corrected chi connectivity index (χ3v) is 2.96. The normalized spacial score (nSPS) is 10.7. The summed E-state index contributed by atoms with van der Waals surface area (Å²) in [5.74, 6) is 0. The molecular formula is C9H10N4O4S. The van der Waals surface area contributed by atoms with Crippen molar-refractivity contribution in [3.05, 3.63) is 28.3 Å². The Kier molecular flexibility index (Phi) is 4.19. The fourth-order valence-electron chi connectivity index (χ4n) is 1.24. The smallest absolute Gasteiger partial charge is 0.293 e. The van der Waals surface area contributed by atoms with E-state index in [-0.39, 0.29) is 23.5 Å². The Hall–Kier alpha value is -2.18. The van der Waals surface area contributed by atoms with E-state index in [9.17, 15) is 18.5 Å².